The Bertz CT molecular complexity index is 1780. The van der Waals surface area contributed by atoms with Crippen LogP contribution in [0.2, 0.25) is 0 Å². The molecule has 186 valence electrons. The van der Waals surface area contributed by atoms with Gasteiger partial charge in [0.25, 0.3) is 0 Å². The van der Waals surface area contributed by atoms with Crippen molar-refractivity contribution in [1.29, 1.82) is 0 Å². The van der Waals surface area contributed by atoms with Gasteiger partial charge >= 0.3 is 5.63 Å². The Morgan fingerprint density at radius 3 is 1.89 bits per heavy atom. The molecule has 6 aromatic rings. The first-order chi connectivity index (χ1) is 18.5. The molecule has 1 heterocycles. The van der Waals surface area contributed by atoms with Gasteiger partial charge < -0.3 is 9.32 Å². The van der Waals surface area contributed by atoms with Gasteiger partial charge in [-0.25, -0.2) is 4.79 Å². The molecule has 5 aromatic carbocycles. The van der Waals surface area contributed by atoms with E-state index >= 15 is 0 Å². The fraction of sp³-hybridized carbons (Fsp3) is 0.114. The molecular formula is C35H29NO2. The molecular weight excluding hydrogens is 466 g/mol. The number of nitrogens with zero attached hydrogens (tertiary/aromatic N) is 1. The fourth-order valence-electron chi connectivity index (χ4n) is 5.04. The van der Waals surface area contributed by atoms with E-state index < -0.39 is 0 Å². The van der Waals surface area contributed by atoms with Crippen LogP contribution in [0.15, 0.2) is 118 Å². The molecule has 0 aliphatic carbocycles. The van der Waals surface area contributed by atoms with Crippen LogP contribution in [0.5, 0.6) is 0 Å². The Hall–Kier alpha value is -4.63. The predicted molar refractivity (Wildman–Crippen MR) is 159 cm³/mol. The average Bonchev–Trinajstić information content (AvgIpc) is 2.95. The molecule has 0 amide bonds. The monoisotopic (exact) mass is 495 g/mol. The van der Waals surface area contributed by atoms with Crippen molar-refractivity contribution in [2.24, 2.45) is 0 Å². The van der Waals surface area contributed by atoms with E-state index in [4.69, 9.17) is 4.42 Å². The van der Waals surface area contributed by atoms with Crippen molar-refractivity contribution >= 4 is 38.8 Å². The van der Waals surface area contributed by atoms with Crippen molar-refractivity contribution in [2.45, 2.75) is 27.2 Å². The lowest BCUT2D eigenvalue weighted by Crippen LogP contribution is -2.10. The van der Waals surface area contributed by atoms with E-state index in [1.807, 2.05) is 18.2 Å². The van der Waals surface area contributed by atoms with E-state index in [0.29, 0.717) is 11.0 Å². The van der Waals surface area contributed by atoms with Crippen molar-refractivity contribution < 1.29 is 4.42 Å². The summed E-state index contributed by atoms with van der Waals surface area (Å²) in [5, 5.41) is 2.51. The second kappa shape index (κ2) is 9.68. The Morgan fingerprint density at radius 1 is 0.605 bits per heavy atom. The number of hydrogen-bond acceptors (Lipinski definition) is 3. The quantitative estimate of drug-likeness (QED) is 0.176. The first kappa shape index (κ1) is 23.7. The molecule has 3 heteroatoms. The number of hydrogen-bond donors (Lipinski definition) is 0. The van der Waals surface area contributed by atoms with E-state index in [2.05, 4.69) is 117 Å². The van der Waals surface area contributed by atoms with Gasteiger partial charge in [-0.1, -0.05) is 72.6 Å². The van der Waals surface area contributed by atoms with Gasteiger partial charge in [-0.3, -0.25) is 0 Å². The van der Waals surface area contributed by atoms with Crippen molar-refractivity contribution in [3.8, 4) is 11.1 Å². The highest BCUT2D eigenvalue weighted by Gasteiger charge is 2.14. The summed E-state index contributed by atoms with van der Waals surface area (Å²) in [7, 11) is 0. The van der Waals surface area contributed by atoms with Gasteiger partial charge in [0.2, 0.25) is 0 Å². The number of aryl methyl sites for hydroxylation is 3. The third-order valence-corrected chi connectivity index (χ3v) is 7.21. The second-order valence-electron chi connectivity index (χ2n) is 9.89. The minimum Gasteiger partial charge on any atom is -0.422 e. The van der Waals surface area contributed by atoms with Gasteiger partial charge in [0.15, 0.2) is 0 Å². The molecule has 0 saturated carbocycles. The van der Waals surface area contributed by atoms with Gasteiger partial charge in [-0.05, 0) is 96.9 Å². The third-order valence-electron chi connectivity index (χ3n) is 7.21. The number of fused-ring (bicyclic) bond motifs is 3. The first-order valence-corrected chi connectivity index (χ1v) is 13.0. The summed E-state index contributed by atoms with van der Waals surface area (Å²) in [6.07, 6.45) is 0.880. The lowest BCUT2D eigenvalue weighted by atomic mass is 9.99. The summed E-state index contributed by atoms with van der Waals surface area (Å²) in [5.41, 5.74) is 9.19. The van der Waals surface area contributed by atoms with E-state index in [9.17, 15) is 4.79 Å². The van der Waals surface area contributed by atoms with Crippen LogP contribution in [0.25, 0.3) is 32.9 Å². The Balaban J connectivity index is 1.47. The Morgan fingerprint density at radius 2 is 1.24 bits per heavy atom. The maximum Gasteiger partial charge on any atom is 0.344 e. The minimum atomic E-state index is -0.293. The van der Waals surface area contributed by atoms with Crippen molar-refractivity contribution in [1.82, 2.24) is 0 Å². The van der Waals surface area contributed by atoms with E-state index in [-0.39, 0.29) is 5.63 Å². The first-order valence-electron chi connectivity index (χ1n) is 13.0. The van der Waals surface area contributed by atoms with Crippen LogP contribution >= 0.6 is 0 Å². The molecule has 0 bridgehead atoms. The average molecular weight is 496 g/mol. The summed E-state index contributed by atoms with van der Waals surface area (Å²) in [6.45, 7) is 6.29. The van der Waals surface area contributed by atoms with Crippen LogP contribution in [0, 0.1) is 13.8 Å². The summed E-state index contributed by atoms with van der Waals surface area (Å²) in [4.78, 5) is 15.1. The van der Waals surface area contributed by atoms with Gasteiger partial charge in [0, 0.05) is 22.4 Å². The molecule has 0 spiro atoms. The summed E-state index contributed by atoms with van der Waals surface area (Å²) in [6, 6.07) is 37.9. The second-order valence-corrected chi connectivity index (χ2v) is 9.89. The van der Waals surface area contributed by atoms with Gasteiger partial charge in [0.05, 0.1) is 5.39 Å². The summed E-state index contributed by atoms with van der Waals surface area (Å²) in [5.74, 6) is 0. The maximum absolute atomic E-state index is 12.8. The Kier molecular flexibility index (Phi) is 6.05. The van der Waals surface area contributed by atoms with Crippen molar-refractivity contribution in [2.75, 3.05) is 4.90 Å². The molecule has 1 aromatic heterocycles. The topological polar surface area (TPSA) is 33.5 Å². The highest BCUT2D eigenvalue weighted by atomic mass is 16.4. The highest BCUT2D eigenvalue weighted by Crippen LogP contribution is 2.37. The molecule has 0 N–H and O–H groups in total. The molecule has 0 radical (unpaired) electrons. The number of benzene rings is 5. The third kappa shape index (κ3) is 4.37. The predicted octanol–water partition coefficient (Wildman–Crippen LogP) is 9.26. The van der Waals surface area contributed by atoms with Crippen LogP contribution < -0.4 is 10.5 Å². The van der Waals surface area contributed by atoms with Crippen LogP contribution in [0.1, 0.15) is 23.6 Å². The van der Waals surface area contributed by atoms with Crippen LogP contribution in [-0.4, -0.2) is 0 Å². The van der Waals surface area contributed by atoms with Crippen LogP contribution in [-0.2, 0) is 6.42 Å². The zero-order chi connectivity index (χ0) is 26.2. The molecule has 3 nitrogen and oxygen atoms in total. The van der Waals surface area contributed by atoms with Crippen molar-refractivity contribution in [3.05, 3.63) is 136 Å². The van der Waals surface area contributed by atoms with E-state index in [1.54, 1.807) is 0 Å². The maximum atomic E-state index is 12.8. The normalized spacial score (nSPS) is 11.2. The molecule has 0 atom stereocenters. The number of rotatable bonds is 5. The molecule has 0 aliphatic rings. The summed E-state index contributed by atoms with van der Waals surface area (Å²) < 4.78 is 5.81. The molecule has 0 saturated heterocycles. The molecule has 0 unspecified atom stereocenters. The fourth-order valence-corrected chi connectivity index (χ4v) is 5.04. The lowest BCUT2D eigenvalue weighted by molar-refractivity contribution is 0.570. The van der Waals surface area contributed by atoms with E-state index in [0.717, 1.165) is 50.9 Å². The van der Waals surface area contributed by atoms with Crippen LogP contribution in [0.3, 0.4) is 0 Å². The molecule has 38 heavy (non-hydrogen) atoms. The highest BCUT2D eigenvalue weighted by molar-refractivity contribution is 6.05. The lowest BCUT2D eigenvalue weighted by Gasteiger charge is -2.26. The zero-order valence-electron chi connectivity index (χ0n) is 21.9. The minimum absolute atomic E-state index is 0.293. The summed E-state index contributed by atoms with van der Waals surface area (Å²) >= 11 is 0. The molecule has 0 fully saturated rings. The van der Waals surface area contributed by atoms with Gasteiger partial charge in [-0.15, -0.1) is 0 Å². The molecule has 0 aliphatic heterocycles. The smallest absolute Gasteiger partial charge is 0.344 e. The number of anilines is 3. The zero-order valence-corrected chi connectivity index (χ0v) is 21.9. The van der Waals surface area contributed by atoms with Crippen LogP contribution in [0.4, 0.5) is 17.1 Å². The molecule has 6 rings (SSSR count). The van der Waals surface area contributed by atoms with Gasteiger partial charge in [-0.2, -0.15) is 0 Å². The largest absolute Gasteiger partial charge is 0.422 e. The SMILES string of the molecule is CCc1ccc2c(c1)c(=O)oc1cc(-c3cccc(N(c4ccc(C)cc4)c4ccc(C)cc4)c3)ccc12. The van der Waals surface area contributed by atoms with E-state index in [1.165, 1.54) is 11.1 Å². The standard InChI is InChI=1S/C35H29NO2/c1-4-25-12-18-31-32-19-13-27(22-34(32)38-35(37)33(31)20-25)26-6-5-7-30(21-26)36(28-14-8-23(2)9-15-28)29-16-10-24(3)11-17-29/h5-22H,4H2,1-3H3. The van der Waals surface area contributed by atoms with Crippen molar-refractivity contribution in [3.63, 3.8) is 0 Å². The van der Waals surface area contributed by atoms with Gasteiger partial charge in [0.1, 0.15) is 5.58 Å². The Labute approximate surface area is 222 Å².